The van der Waals surface area contributed by atoms with Crippen molar-refractivity contribution in [3.05, 3.63) is 16.1 Å². The first kappa shape index (κ1) is 19.1. The zero-order valence-electron chi connectivity index (χ0n) is 14.8. The Morgan fingerprint density at radius 2 is 2.33 bits per heavy atom. The molecule has 3 N–H and O–H groups in total. The van der Waals surface area contributed by atoms with Gasteiger partial charge < -0.3 is 20.5 Å². The fourth-order valence-electron chi connectivity index (χ4n) is 2.93. The molecule has 136 valence electrons. The molecule has 1 aromatic rings. The second-order valence-corrected chi connectivity index (χ2v) is 7.41. The number of unbranched alkanes of at least 4 members (excludes halogenated alkanes) is 1. The van der Waals surface area contributed by atoms with Crippen molar-refractivity contribution in [2.45, 2.75) is 39.0 Å². The smallest absolute Gasteiger partial charge is 0.190 e. The van der Waals surface area contributed by atoms with Gasteiger partial charge in [-0.1, -0.05) is 0 Å². The van der Waals surface area contributed by atoms with Crippen LogP contribution in [0.4, 0.5) is 0 Å². The molecule has 1 fully saturated rings. The van der Waals surface area contributed by atoms with E-state index in [1.54, 1.807) is 18.4 Å². The van der Waals surface area contributed by atoms with Gasteiger partial charge in [0, 0.05) is 49.8 Å². The number of aliphatic imine (C=N–C) groups is 1. The number of nitrogens with one attached hydrogen (secondary N) is 2. The number of aryl methyl sites for hydroxylation is 2. The van der Waals surface area contributed by atoms with Crippen molar-refractivity contribution in [1.29, 1.82) is 0 Å². The molecule has 0 spiro atoms. The van der Waals surface area contributed by atoms with Crippen LogP contribution in [0, 0.1) is 12.3 Å². The first-order chi connectivity index (χ1) is 11.7. The lowest BCUT2D eigenvalue weighted by molar-refractivity contribution is 0.127. The van der Waals surface area contributed by atoms with Gasteiger partial charge in [0.2, 0.25) is 0 Å². The van der Waals surface area contributed by atoms with Crippen LogP contribution >= 0.6 is 11.3 Å². The number of hydrogen-bond acceptors (Lipinski definition) is 5. The third-order valence-electron chi connectivity index (χ3n) is 4.46. The zero-order valence-corrected chi connectivity index (χ0v) is 15.6. The minimum atomic E-state index is 0.0368. The van der Waals surface area contributed by atoms with Crippen LogP contribution in [0.1, 0.15) is 36.4 Å². The van der Waals surface area contributed by atoms with Crippen LogP contribution in [-0.4, -0.2) is 56.0 Å². The molecule has 1 aliphatic heterocycles. The van der Waals surface area contributed by atoms with Crippen molar-refractivity contribution in [2.75, 3.05) is 40.0 Å². The van der Waals surface area contributed by atoms with E-state index >= 15 is 0 Å². The predicted octanol–water partition coefficient (Wildman–Crippen LogP) is 1.73. The van der Waals surface area contributed by atoms with Crippen molar-refractivity contribution in [2.24, 2.45) is 10.4 Å². The maximum absolute atomic E-state index is 9.28. The number of guanidine groups is 1. The minimum Gasteiger partial charge on any atom is -0.396 e. The van der Waals surface area contributed by atoms with Crippen LogP contribution in [0.3, 0.4) is 0 Å². The number of rotatable bonds is 9. The van der Waals surface area contributed by atoms with Crippen LogP contribution < -0.4 is 10.6 Å². The van der Waals surface area contributed by atoms with E-state index in [1.165, 1.54) is 5.01 Å². The Morgan fingerprint density at radius 1 is 1.46 bits per heavy atom. The number of aliphatic hydroxyl groups excluding tert-OH is 1. The normalized spacial score (nSPS) is 21.2. The molecular weight excluding hydrogens is 324 g/mol. The largest absolute Gasteiger partial charge is 0.396 e. The molecule has 2 heterocycles. The quantitative estimate of drug-likeness (QED) is 0.358. The molecule has 1 unspecified atom stereocenters. The van der Waals surface area contributed by atoms with Gasteiger partial charge in [-0.15, -0.1) is 11.3 Å². The molecule has 0 saturated carbocycles. The van der Waals surface area contributed by atoms with E-state index in [9.17, 15) is 5.11 Å². The third-order valence-corrected chi connectivity index (χ3v) is 5.48. The average molecular weight is 355 g/mol. The molecule has 1 aliphatic rings. The van der Waals surface area contributed by atoms with E-state index in [0.29, 0.717) is 6.61 Å². The summed E-state index contributed by atoms with van der Waals surface area (Å²) in [4.78, 5) is 8.77. The van der Waals surface area contributed by atoms with Crippen molar-refractivity contribution in [3.63, 3.8) is 0 Å². The van der Waals surface area contributed by atoms with E-state index in [4.69, 9.17) is 4.74 Å². The summed E-state index contributed by atoms with van der Waals surface area (Å²) in [6, 6.07) is 0. The highest BCUT2D eigenvalue weighted by Crippen LogP contribution is 2.31. The van der Waals surface area contributed by atoms with Crippen LogP contribution in [0.2, 0.25) is 0 Å². The molecule has 0 aliphatic carbocycles. The van der Waals surface area contributed by atoms with Crippen molar-refractivity contribution in [1.82, 2.24) is 15.6 Å². The van der Waals surface area contributed by atoms with Crippen molar-refractivity contribution >= 4 is 17.3 Å². The molecule has 7 heteroatoms. The summed E-state index contributed by atoms with van der Waals surface area (Å²) >= 11 is 1.74. The zero-order chi connectivity index (χ0) is 17.3. The van der Waals surface area contributed by atoms with Crippen LogP contribution in [0.15, 0.2) is 10.4 Å². The average Bonchev–Trinajstić information content (AvgIpc) is 3.20. The summed E-state index contributed by atoms with van der Waals surface area (Å²) in [6.07, 6.45) is 5.02. The molecule has 1 aromatic heterocycles. The van der Waals surface area contributed by atoms with Crippen molar-refractivity contribution in [3.8, 4) is 0 Å². The fourth-order valence-corrected chi connectivity index (χ4v) is 3.75. The summed E-state index contributed by atoms with van der Waals surface area (Å²) in [5.74, 6) is 0.823. The van der Waals surface area contributed by atoms with Gasteiger partial charge in [-0.3, -0.25) is 4.99 Å². The van der Waals surface area contributed by atoms with Gasteiger partial charge >= 0.3 is 0 Å². The van der Waals surface area contributed by atoms with E-state index in [1.807, 2.05) is 6.92 Å². The van der Waals surface area contributed by atoms with Crippen molar-refractivity contribution < 1.29 is 9.84 Å². The van der Waals surface area contributed by atoms with Crippen LogP contribution in [0.25, 0.3) is 0 Å². The molecule has 6 nitrogen and oxygen atoms in total. The fraction of sp³-hybridized carbons (Fsp3) is 0.765. The SMILES string of the molecule is CN=C(NCCCCc1nc(C)cs1)NCC1(CCO)CCOC1. The first-order valence-electron chi connectivity index (χ1n) is 8.71. The topological polar surface area (TPSA) is 78.8 Å². The Bertz CT molecular complexity index is 512. The number of aromatic nitrogens is 1. The molecule has 0 amide bonds. The Morgan fingerprint density at radius 3 is 2.96 bits per heavy atom. The molecule has 24 heavy (non-hydrogen) atoms. The van der Waals surface area contributed by atoms with Gasteiger partial charge in [0.1, 0.15) is 0 Å². The van der Waals surface area contributed by atoms with Gasteiger partial charge in [-0.2, -0.15) is 0 Å². The Balaban J connectivity index is 1.63. The van der Waals surface area contributed by atoms with E-state index in [-0.39, 0.29) is 12.0 Å². The molecule has 0 radical (unpaired) electrons. The lowest BCUT2D eigenvalue weighted by Gasteiger charge is -2.27. The monoisotopic (exact) mass is 354 g/mol. The summed E-state index contributed by atoms with van der Waals surface area (Å²) in [5, 5.41) is 19.4. The first-order valence-corrected chi connectivity index (χ1v) is 9.59. The van der Waals surface area contributed by atoms with Gasteiger partial charge in [0.15, 0.2) is 5.96 Å². The van der Waals surface area contributed by atoms with Gasteiger partial charge in [0.25, 0.3) is 0 Å². The summed E-state index contributed by atoms with van der Waals surface area (Å²) < 4.78 is 5.52. The van der Waals surface area contributed by atoms with Gasteiger partial charge in [-0.25, -0.2) is 4.98 Å². The molecule has 1 atom stereocenters. The maximum atomic E-state index is 9.28. The lowest BCUT2D eigenvalue weighted by atomic mass is 9.84. The van der Waals surface area contributed by atoms with E-state index in [2.05, 4.69) is 26.0 Å². The second kappa shape index (κ2) is 9.96. The highest BCUT2D eigenvalue weighted by molar-refractivity contribution is 7.09. The Hall–Kier alpha value is -1.18. The summed E-state index contributed by atoms with van der Waals surface area (Å²) in [6.45, 7) is 5.41. The van der Waals surface area contributed by atoms with Crippen LogP contribution in [-0.2, 0) is 11.2 Å². The number of nitrogens with zero attached hydrogens (tertiary/aromatic N) is 2. The number of ether oxygens (including phenoxy) is 1. The van der Waals surface area contributed by atoms with E-state index in [0.717, 1.165) is 63.5 Å². The Kier molecular flexibility index (Phi) is 7.94. The van der Waals surface area contributed by atoms with Gasteiger partial charge in [-0.05, 0) is 39.0 Å². The maximum Gasteiger partial charge on any atom is 0.190 e. The standard InChI is InChI=1S/C17H30N4O2S/c1-14-11-24-15(21-14)5-3-4-8-19-16(18-2)20-12-17(6-9-22)7-10-23-13-17/h11,22H,3-10,12-13H2,1-2H3,(H2,18,19,20). The third kappa shape index (κ3) is 6.03. The predicted molar refractivity (Wildman–Crippen MR) is 98.7 cm³/mol. The number of thiazole rings is 1. The molecular formula is C17H30N4O2S. The molecule has 0 bridgehead atoms. The number of aliphatic hydroxyl groups is 1. The second-order valence-electron chi connectivity index (χ2n) is 6.47. The summed E-state index contributed by atoms with van der Waals surface area (Å²) in [7, 11) is 1.79. The minimum absolute atomic E-state index is 0.0368. The molecule has 0 aromatic carbocycles. The lowest BCUT2D eigenvalue weighted by Crippen LogP contribution is -2.44. The van der Waals surface area contributed by atoms with Gasteiger partial charge in [0.05, 0.1) is 11.6 Å². The number of hydrogen-bond donors (Lipinski definition) is 3. The highest BCUT2D eigenvalue weighted by atomic mass is 32.1. The van der Waals surface area contributed by atoms with Crippen LogP contribution in [0.5, 0.6) is 0 Å². The van der Waals surface area contributed by atoms with E-state index < -0.39 is 0 Å². The Labute approximate surface area is 148 Å². The highest BCUT2D eigenvalue weighted by Gasteiger charge is 2.34. The summed E-state index contributed by atoms with van der Waals surface area (Å²) in [5.41, 5.74) is 1.15. The molecule has 1 saturated heterocycles. The molecule has 2 rings (SSSR count).